The lowest BCUT2D eigenvalue weighted by atomic mass is 10.1. The molecular formula is C18H21FN2O2S. The Morgan fingerprint density at radius 2 is 1.79 bits per heavy atom. The molecule has 1 saturated heterocycles. The van der Waals surface area contributed by atoms with Crippen molar-refractivity contribution in [1.29, 1.82) is 0 Å². The van der Waals surface area contributed by atoms with Crippen LogP contribution in [0.15, 0.2) is 54.6 Å². The standard InChI is InChI=1S/C18H21FN2O2S/c19-17-8-6-15(7-9-17)14-24(22,23)20-12-16-10-11-21(13-16)18-4-2-1-3-5-18/h1-9,16,20H,10-14H2. The number of rotatable bonds is 6. The van der Waals surface area contributed by atoms with Gasteiger partial charge in [-0.25, -0.2) is 17.5 Å². The van der Waals surface area contributed by atoms with Crippen LogP contribution in [0.3, 0.4) is 0 Å². The maximum Gasteiger partial charge on any atom is 0.215 e. The number of benzene rings is 2. The normalized spacial score (nSPS) is 18.0. The molecule has 3 rings (SSSR count). The molecule has 1 aliphatic heterocycles. The number of nitrogens with one attached hydrogen (secondary N) is 1. The Labute approximate surface area is 142 Å². The molecule has 1 atom stereocenters. The van der Waals surface area contributed by atoms with Crippen LogP contribution in [0.25, 0.3) is 0 Å². The van der Waals surface area contributed by atoms with Crippen LogP contribution < -0.4 is 9.62 Å². The third-order valence-corrected chi connectivity index (χ3v) is 5.59. The SMILES string of the molecule is O=S(=O)(Cc1ccc(F)cc1)NCC1CCN(c2ccccc2)C1. The van der Waals surface area contributed by atoms with Crippen LogP contribution in [0.5, 0.6) is 0 Å². The van der Waals surface area contributed by atoms with Gasteiger partial charge in [0.25, 0.3) is 0 Å². The average molecular weight is 348 g/mol. The number of halogens is 1. The van der Waals surface area contributed by atoms with Crippen molar-refractivity contribution < 1.29 is 12.8 Å². The largest absolute Gasteiger partial charge is 0.371 e. The maximum absolute atomic E-state index is 12.9. The van der Waals surface area contributed by atoms with Crippen molar-refractivity contribution in [2.24, 2.45) is 5.92 Å². The minimum atomic E-state index is -3.41. The van der Waals surface area contributed by atoms with E-state index < -0.39 is 10.0 Å². The summed E-state index contributed by atoms with van der Waals surface area (Å²) in [5, 5.41) is 0. The van der Waals surface area contributed by atoms with Gasteiger partial charge in [-0.15, -0.1) is 0 Å². The topological polar surface area (TPSA) is 49.4 Å². The van der Waals surface area contributed by atoms with Crippen molar-refractivity contribution >= 4 is 15.7 Å². The van der Waals surface area contributed by atoms with Gasteiger partial charge in [-0.3, -0.25) is 0 Å². The summed E-state index contributed by atoms with van der Waals surface area (Å²) in [6.07, 6.45) is 0.966. The van der Waals surface area contributed by atoms with Crippen LogP contribution in [0.1, 0.15) is 12.0 Å². The monoisotopic (exact) mass is 348 g/mol. The molecule has 1 fully saturated rings. The highest BCUT2D eigenvalue weighted by molar-refractivity contribution is 7.88. The van der Waals surface area contributed by atoms with Crippen LogP contribution in [0.4, 0.5) is 10.1 Å². The van der Waals surface area contributed by atoms with Crippen molar-refractivity contribution in [3.63, 3.8) is 0 Å². The van der Waals surface area contributed by atoms with Crippen LogP contribution in [-0.4, -0.2) is 28.1 Å². The highest BCUT2D eigenvalue weighted by Crippen LogP contribution is 2.23. The number of hydrogen-bond acceptors (Lipinski definition) is 3. The summed E-state index contributed by atoms with van der Waals surface area (Å²) in [7, 11) is -3.41. The van der Waals surface area contributed by atoms with Gasteiger partial charge in [0.15, 0.2) is 0 Å². The predicted octanol–water partition coefficient (Wildman–Crippen LogP) is 2.77. The predicted molar refractivity (Wildman–Crippen MR) is 93.8 cm³/mol. The van der Waals surface area contributed by atoms with E-state index in [1.807, 2.05) is 18.2 Å². The maximum atomic E-state index is 12.9. The number of para-hydroxylation sites is 1. The highest BCUT2D eigenvalue weighted by atomic mass is 32.2. The number of sulfonamides is 1. The minimum absolute atomic E-state index is 0.123. The summed E-state index contributed by atoms with van der Waals surface area (Å²) in [6, 6.07) is 15.7. The fourth-order valence-corrected chi connectivity index (χ4v) is 4.19. The molecule has 6 heteroatoms. The molecule has 0 bridgehead atoms. The Balaban J connectivity index is 1.51. The quantitative estimate of drug-likeness (QED) is 0.873. The van der Waals surface area contributed by atoms with Crippen molar-refractivity contribution in [1.82, 2.24) is 4.72 Å². The first-order valence-electron chi connectivity index (χ1n) is 8.04. The van der Waals surface area contributed by atoms with Gasteiger partial charge in [-0.1, -0.05) is 30.3 Å². The first-order valence-corrected chi connectivity index (χ1v) is 9.69. The van der Waals surface area contributed by atoms with E-state index in [9.17, 15) is 12.8 Å². The molecule has 0 aromatic heterocycles. The summed E-state index contributed by atoms with van der Waals surface area (Å²) in [4.78, 5) is 2.28. The zero-order chi connectivity index (χ0) is 17.0. The molecule has 24 heavy (non-hydrogen) atoms. The molecule has 0 amide bonds. The zero-order valence-electron chi connectivity index (χ0n) is 13.4. The molecule has 0 saturated carbocycles. The number of nitrogens with zero attached hydrogens (tertiary/aromatic N) is 1. The highest BCUT2D eigenvalue weighted by Gasteiger charge is 2.24. The average Bonchev–Trinajstić information content (AvgIpc) is 3.05. The summed E-state index contributed by atoms with van der Waals surface area (Å²) in [5.41, 5.74) is 1.76. The first-order chi connectivity index (χ1) is 11.5. The van der Waals surface area contributed by atoms with Crippen molar-refractivity contribution in [3.05, 3.63) is 66.0 Å². The Morgan fingerprint density at radius 3 is 2.50 bits per heavy atom. The van der Waals surface area contributed by atoms with E-state index in [2.05, 4.69) is 21.8 Å². The Hall–Kier alpha value is -1.92. The second-order valence-electron chi connectivity index (χ2n) is 6.17. The lowest BCUT2D eigenvalue weighted by Crippen LogP contribution is -2.31. The summed E-state index contributed by atoms with van der Waals surface area (Å²) < 4.78 is 39.9. The summed E-state index contributed by atoms with van der Waals surface area (Å²) in [6.45, 7) is 2.23. The molecule has 1 aliphatic rings. The summed E-state index contributed by atoms with van der Waals surface area (Å²) in [5.74, 6) is -0.188. The smallest absolute Gasteiger partial charge is 0.215 e. The molecule has 2 aromatic carbocycles. The molecule has 2 aromatic rings. The second kappa shape index (κ2) is 7.32. The van der Waals surface area contributed by atoms with Crippen molar-refractivity contribution in [3.8, 4) is 0 Å². The van der Waals surface area contributed by atoms with Crippen LogP contribution >= 0.6 is 0 Å². The fraction of sp³-hybridized carbons (Fsp3) is 0.333. The zero-order valence-corrected chi connectivity index (χ0v) is 14.2. The van der Waals surface area contributed by atoms with Crippen LogP contribution in [0, 0.1) is 11.7 Å². The molecule has 1 N–H and O–H groups in total. The van der Waals surface area contributed by atoms with Crippen LogP contribution in [0.2, 0.25) is 0 Å². The lowest BCUT2D eigenvalue weighted by Gasteiger charge is -2.18. The Kier molecular flexibility index (Phi) is 5.16. The molecule has 0 radical (unpaired) electrons. The molecule has 128 valence electrons. The third-order valence-electron chi connectivity index (χ3n) is 4.27. The van der Waals surface area contributed by atoms with Crippen LogP contribution in [-0.2, 0) is 15.8 Å². The minimum Gasteiger partial charge on any atom is -0.371 e. The number of hydrogen-bond donors (Lipinski definition) is 1. The van der Waals surface area contributed by atoms with Crippen molar-refractivity contribution in [2.45, 2.75) is 12.2 Å². The van der Waals surface area contributed by atoms with E-state index in [4.69, 9.17) is 0 Å². The molecule has 1 heterocycles. The lowest BCUT2D eigenvalue weighted by molar-refractivity contribution is 0.541. The van der Waals surface area contributed by atoms with Gasteiger partial charge in [0.1, 0.15) is 5.82 Å². The molecular weight excluding hydrogens is 327 g/mol. The second-order valence-corrected chi connectivity index (χ2v) is 7.98. The van der Waals surface area contributed by atoms with E-state index >= 15 is 0 Å². The van der Waals surface area contributed by atoms with Crippen molar-refractivity contribution in [2.75, 3.05) is 24.5 Å². The third kappa shape index (κ3) is 4.55. The van der Waals surface area contributed by atoms with E-state index in [1.165, 1.54) is 30.0 Å². The molecule has 4 nitrogen and oxygen atoms in total. The van der Waals surface area contributed by atoms with Gasteiger partial charge >= 0.3 is 0 Å². The number of anilines is 1. The van der Waals surface area contributed by atoms with Gasteiger partial charge in [0.05, 0.1) is 5.75 Å². The van der Waals surface area contributed by atoms with Gasteiger partial charge in [0.2, 0.25) is 10.0 Å². The Morgan fingerprint density at radius 1 is 1.08 bits per heavy atom. The fourth-order valence-electron chi connectivity index (χ4n) is 2.97. The van der Waals surface area contributed by atoms with Gasteiger partial charge in [0, 0.05) is 25.3 Å². The molecule has 1 unspecified atom stereocenters. The van der Waals surface area contributed by atoms with E-state index in [1.54, 1.807) is 0 Å². The van der Waals surface area contributed by atoms with E-state index in [-0.39, 0.29) is 11.6 Å². The summed E-state index contributed by atoms with van der Waals surface area (Å²) >= 11 is 0. The van der Waals surface area contributed by atoms with E-state index in [0.29, 0.717) is 18.0 Å². The first kappa shape index (κ1) is 16.9. The molecule has 0 aliphatic carbocycles. The Bertz CT molecular complexity index is 763. The van der Waals surface area contributed by atoms with Gasteiger partial charge < -0.3 is 4.90 Å². The van der Waals surface area contributed by atoms with Gasteiger partial charge in [-0.05, 0) is 42.2 Å². The van der Waals surface area contributed by atoms with E-state index in [0.717, 1.165) is 19.5 Å². The van der Waals surface area contributed by atoms with Gasteiger partial charge in [-0.2, -0.15) is 0 Å². The molecule has 0 spiro atoms.